The SMILES string of the molecule is Cc1cc(C)n(CCC(=O)NCc2ccc(NC(=O)C3CC3)cc2)n1. The Morgan fingerprint density at radius 1 is 1.20 bits per heavy atom. The Morgan fingerprint density at radius 3 is 2.52 bits per heavy atom. The minimum Gasteiger partial charge on any atom is -0.352 e. The van der Waals surface area contributed by atoms with Gasteiger partial charge >= 0.3 is 0 Å². The maximum atomic E-state index is 12.0. The first-order valence-corrected chi connectivity index (χ1v) is 8.69. The Hall–Kier alpha value is -2.63. The Labute approximate surface area is 147 Å². The number of carbonyl (C=O) groups excluding carboxylic acids is 2. The van der Waals surface area contributed by atoms with Crippen molar-refractivity contribution in [3.63, 3.8) is 0 Å². The number of hydrogen-bond acceptors (Lipinski definition) is 3. The molecular formula is C19H24N4O2. The van der Waals surface area contributed by atoms with E-state index in [2.05, 4.69) is 15.7 Å². The molecular weight excluding hydrogens is 316 g/mol. The molecule has 1 aliphatic rings. The van der Waals surface area contributed by atoms with Crippen molar-refractivity contribution in [2.24, 2.45) is 5.92 Å². The van der Waals surface area contributed by atoms with Gasteiger partial charge in [0.05, 0.1) is 5.69 Å². The van der Waals surface area contributed by atoms with E-state index in [0.717, 1.165) is 35.5 Å². The van der Waals surface area contributed by atoms with Gasteiger partial charge in [0, 0.05) is 36.8 Å². The van der Waals surface area contributed by atoms with Gasteiger partial charge in [0.1, 0.15) is 0 Å². The summed E-state index contributed by atoms with van der Waals surface area (Å²) in [5, 5.41) is 10.2. The first-order chi connectivity index (χ1) is 12.0. The molecule has 1 fully saturated rings. The number of amides is 2. The van der Waals surface area contributed by atoms with E-state index in [1.807, 2.05) is 48.9 Å². The number of anilines is 1. The highest BCUT2D eigenvalue weighted by molar-refractivity contribution is 5.94. The lowest BCUT2D eigenvalue weighted by atomic mass is 10.2. The molecule has 1 saturated carbocycles. The van der Waals surface area contributed by atoms with Crippen molar-refractivity contribution in [2.45, 2.75) is 46.2 Å². The van der Waals surface area contributed by atoms with Gasteiger partial charge in [0.15, 0.2) is 0 Å². The van der Waals surface area contributed by atoms with Gasteiger partial charge in [0.25, 0.3) is 0 Å². The summed E-state index contributed by atoms with van der Waals surface area (Å²) in [4.78, 5) is 23.7. The van der Waals surface area contributed by atoms with Crippen molar-refractivity contribution >= 4 is 17.5 Å². The zero-order valence-electron chi connectivity index (χ0n) is 14.7. The van der Waals surface area contributed by atoms with Crippen LogP contribution in [0.3, 0.4) is 0 Å². The third-order valence-corrected chi connectivity index (χ3v) is 4.31. The highest BCUT2D eigenvalue weighted by Gasteiger charge is 2.29. The molecule has 2 amide bonds. The van der Waals surface area contributed by atoms with Crippen molar-refractivity contribution in [1.29, 1.82) is 0 Å². The number of nitrogens with one attached hydrogen (secondary N) is 2. The number of nitrogens with zero attached hydrogens (tertiary/aromatic N) is 2. The van der Waals surface area contributed by atoms with Crippen LogP contribution in [0.4, 0.5) is 5.69 Å². The van der Waals surface area contributed by atoms with E-state index in [0.29, 0.717) is 19.5 Å². The predicted octanol–water partition coefficient (Wildman–Crippen LogP) is 2.55. The molecule has 6 nitrogen and oxygen atoms in total. The molecule has 25 heavy (non-hydrogen) atoms. The summed E-state index contributed by atoms with van der Waals surface area (Å²) in [5.74, 6) is 0.296. The monoisotopic (exact) mass is 340 g/mol. The van der Waals surface area contributed by atoms with Crippen LogP contribution in [-0.4, -0.2) is 21.6 Å². The molecule has 2 aromatic rings. The molecule has 0 bridgehead atoms. The standard InChI is InChI=1S/C19H24N4O2/c1-13-11-14(2)23(22-13)10-9-18(24)20-12-15-3-7-17(8-4-15)21-19(25)16-5-6-16/h3-4,7-8,11,16H,5-6,9-10,12H2,1-2H3,(H,20,24)(H,21,25). The number of aryl methyl sites for hydroxylation is 3. The quantitative estimate of drug-likeness (QED) is 0.813. The van der Waals surface area contributed by atoms with Crippen LogP contribution < -0.4 is 10.6 Å². The van der Waals surface area contributed by atoms with Crippen molar-refractivity contribution in [3.05, 3.63) is 47.3 Å². The van der Waals surface area contributed by atoms with E-state index in [9.17, 15) is 9.59 Å². The van der Waals surface area contributed by atoms with Crippen LogP contribution in [-0.2, 0) is 22.7 Å². The van der Waals surface area contributed by atoms with Crippen LogP contribution in [0, 0.1) is 19.8 Å². The van der Waals surface area contributed by atoms with E-state index in [1.165, 1.54) is 0 Å². The third kappa shape index (κ3) is 4.92. The average molecular weight is 340 g/mol. The molecule has 0 atom stereocenters. The van der Waals surface area contributed by atoms with Crippen LogP contribution in [0.5, 0.6) is 0 Å². The van der Waals surface area contributed by atoms with Gasteiger partial charge in [-0.1, -0.05) is 12.1 Å². The van der Waals surface area contributed by atoms with E-state index in [-0.39, 0.29) is 17.7 Å². The highest BCUT2D eigenvalue weighted by Crippen LogP contribution is 2.30. The number of hydrogen-bond donors (Lipinski definition) is 2. The zero-order chi connectivity index (χ0) is 17.8. The third-order valence-electron chi connectivity index (χ3n) is 4.31. The normalized spacial score (nSPS) is 13.5. The van der Waals surface area contributed by atoms with Crippen LogP contribution in [0.1, 0.15) is 36.2 Å². The summed E-state index contributed by atoms with van der Waals surface area (Å²) in [7, 11) is 0. The molecule has 132 valence electrons. The number of benzene rings is 1. The van der Waals surface area contributed by atoms with Crippen molar-refractivity contribution in [2.75, 3.05) is 5.32 Å². The average Bonchev–Trinajstić information content (AvgIpc) is 3.38. The van der Waals surface area contributed by atoms with Gasteiger partial charge in [-0.05, 0) is 50.5 Å². The second-order valence-corrected chi connectivity index (χ2v) is 6.64. The highest BCUT2D eigenvalue weighted by atomic mass is 16.2. The van der Waals surface area contributed by atoms with Crippen LogP contribution in [0.15, 0.2) is 30.3 Å². The van der Waals surface area contributed by atoms with E-state index >= 15 is 0 Å². The number of rotatable bonds is 7. The maximum Gasteiger partial charge on any atom is 0.227 e. The zero-order valence-corrected chi connectivity index (χ0v) is 14.7. The van der Waals surface area contributed by atoms with Crippen molar-refractivity contribution < 1.29 is 9.59 Å². The molecule has 3 rings (SSSR count). The van der Waals surface area contributed by atoms with E-state index in [4.69, 9.17) is 0 Å². The molecule has 1 aromatic carbocycles. The molecule has 1 aliphatic carbocycles. The topological polar surface area (TPSA) is 76.0 Å². The minimum atomic E-state index is -0.00124. The fourth-order valence-electron chi connectivity index (χ4n) is 2.69. The summed E-state index contributed by atoms with van der Waals surface area (Å²) in [6.07, 6.45) is 2.39. The molecule has 1 aromatic heterocycles. The van der Waals surface area contributed by atoms with Crippen molar-refractivity contribution in [1.82, 2.24) is 15.1 Å². The molecule has 2 N–H and O–H groups in total. The Kier molecular flexibility index (Phi) is 5.16. The van der Waals surface area contributed by atoms with Crippen LogP contribution in [0.2, 0.25) is 0 Å². The Balaban J connectivity index is 1.42. The summed E-state index contributed by atoms with van der Waals surface area (Å²) in [6, 6.07) is 9.59. The molecule has 0 saturated heterocycles. The summed E-state index contributed by atoms with van der Waals surface area (Å²) in [5.41, 5.74) is 3.83. The Bertz CT molecular complexity index is 760. The van der Waals surface area contributed by atoms with Crippen LogP contribution >= 0.6 is 0 Å². The van der Waals surface area contributed by atoms with Gasteiger partial charge in [-0.3, -0.25) is 14.3 Å². The predicted molar refractivity (Wildman–Crippen MR) is 96.0 cm³/mol. The van der Waals surface area contributed by atoms with Crippen LogP contribution in [0.25, 0.3) is 0 Å². The largest absolute Gasteiger partial charge is 0.352 e. The second-order valence-electron chi connectivity index (χ2n) is 6.64. The summed E-state index contributed by atoms with van der Waals surface area (Å²) >= 11 is 0. The molecule has 1 heterocycles. The molecule has 0 unspecified atom stereocenters. The molecule has 6 heteroatoms. The smallest absolute Gasteiger partial charge is 0.227 e. The van der Waals surface area contributed by atoms with Gasteiger partial charge < -0.3 is 10.6 Å². The fraction of sp³-hybridized carbons (Fsp3) is 0.421. The number of aromatic nitrogens is 2. The van der Waals surface area contributed by atoms with E-state index < -0.39 is 0 Å². The summed E-state index contributed by atoms with van der Waals surface area (Å²) in [6.45, 7) is 4.99. The number of carbonyl (C=O) groups is 2. The first-order valence-electron chi connectivity index (χ1n) is 8.69. The van der Waals surface area contributed by atoms with Gasteiger partial charge in [0.2, 0.25) is 11.8 Å². The Morgan fingerprint density at radius 2 is 1.92 bits per heavy atom. The molecule has 0 radical (unpaired) electrons. The van der Waals surface area contributed by atoms with Gasteiger partial charge in [-0.25, -0.2) is 0 Å². The lowest BCUT2D eigenvalue weighted by Crippen LogP contribution is -2.24. The molecule has 0 aliphatic heterocycles. The maximum absolute atomic E-state index is 12.0. The van der Waals surface area contributed by atoms with Crippen molar-refractivity contribution in [3.8, 4) is 0 Å². The first kappa shape index (κ1) is 17.2. The fourth-order valence-corrected chi connectivity index (χ4v) is 2.69. The molecule has 0 spiro atoms. The van der Waals surface area contributed by atoms with Gasteiger partial charge in [-0.2, -0.15) is 5.10 Å². The second kappa shape index (κ2) is 7.51. The lowest BCUT2D eigenvalue weighted by Gasteiger charge is -2.08. The van der Waals surface area contributed by atoms with Gasteiger partial charge in [-0.15, -0.1) is 0 Å². The summed E-state index contributed by atoms with van der Waals surface area (Å²) < 4.78 is 1.85. The lowest BCUT2D eigenvalue weighted by molar-refractivity contribution is -0.121. The minimum absolute atomic E-state index is 0.00124. The van der Waals surface area contributed by atoms with E-state index in [1.54, 1.807) is 0 Å².